The summed E-state index contributed by atoms with van der Waals surface area (Å²) in [5.74, 6) is 1.12. The predicted molar refractivity (Wildman–Crippen MR) is 84.4 cm³/mol. The van der Waals surface area contributed by atoms with Gasteiger partial charge in [-0.1, -0.05) is 0 Å². The molecule has 1 saturated heterocycles. The van der Waals surface area contributed by atoms with Crippen LogP contribution in [0.3, 0.4) is 0 Å². The highest BCUT2D eigenvalue weighted by molar-refractivity contribution is 8.18. The molecule has 118 valence electrons. The number of hydrogen-bond acceptors (Lipinski definition) is 6. The second-order valence-corrected chi connectivity index (χ2v) is 5.34. The zero-order chi connectivity index (χ0) is 16.3. The first kappa shape index (κ1) is 16.2. The fourth-order valence-corrected chi connectivity index (χ4v) is 3.05. The maximum Gasteiger partial charge on any atom is 0.293 e. The number of rotatable bonds is 5. The maximum absolute atomic E-state index is 12.1. The fourth-order valence-electron chi connectivity index (χ4n) is 2.15. The molecular formula is C15H17NO5S. The Bertz CT molecular complexity index is 641. The molecule has 0 N–H and O–H groups in total. The number of amides is 2. The number of hydrogen-bond donors (Lipinski definition) is 0. The van der Waals surface area contributed by atoms with Crippen LogP contribution in [-0.2, 0) is 4.79 Å². The van der Waals surface area contributed by atoms with Crippen LogP contribution in [-0.4, -0.2) is 43.9 Å². The first-order valence-corrected chi connectivity index (χ1v) is 7.43. The number of benzene rings is 1. The van der Waals surface area contributed by atoms with Crippen LogP contribution in [0.2, 0.25) is 0 Å². The number of methoxy groups -OCH3 is 3. The highest BCUT2D eigenvalue weighted by Crippen LogP contribution is 2.42. The summed E-state index contributed by atoms with van der Waals surface area (Å²) in [6, 6.07) is 3.47. The summed E-state index contributed by atoms with van der Waals surface area (Å²) in [5, 5.41) is -0.266. The largest absolute Gasteiger partial charge is 0.493 e. The molecule has 1 aliphatic rings. The van der Waals surface area contributed by atoms with Gasteiger partial charge >= 0.3 is 0 Å². The summed E-state index contributed by atoms with van der Waals surface area (Å²) < 4.78 is 15.9. The molecule has 1 aliphatic heterocycles. The topological polar surface area (TPSA) is 65.1 Å². The van der Waals surface area contributed by atoms with Crippen LogP contribution >= 0.6 is 11.8 Å². The molecule has 2 rings (SSSR count). The minimum atomic E-state index is -0.297. The molecule has 22 heavy (non-hydrogen) atoms. The van der Waals surface area contributed by atoms with E-state index in [9.17, 15) is 9.59 Å². The van der Waals surface area contributed by atoms with E-state index in [2.05, 4.69) is 0 Å². The SMILES string of the molecule is CCN1C(=O)SC(=Cc2ccc(OC)c(OC)c2OC)C1=O. The molecule has 0 spiro atoms. The van der Waals surface area contributed by atoms with Crippen LogP contribution in [0.1, 0.15) is 12.5 Å². The molecule has 1 aromatic carbocycles. The van der Waals surface area contributed by atoms with E-state index in [0.717, 1.165) is 11.8 Å². The molecule has 0 saturated carbocycles. The minimum absolute atomic E-state index is 0.266. The Morgan fingerprint density at radius 3 is 2.27 bits per heavy atom. The Morgan fingerprint density at radius 1 is 1.09 bits per heavy atom. The third-order valence-corrected chi connectivity index (χ3v) is 4.12. The van der Waals surface area contributed by atoms with E-state index < -0.39 is 0 Å². The highest BCUT2D eigenvalue weighted by Gasteiger charge is 2.34. The second-order valence-electron chi connectivity index (χ2n) is 4.35. The number of nitrogens with zero attached hydrogens (tertiary/aromatic N) is 1. The first-order valence-electron chi connectivity index (χ1n) is 6.61. The van der Waals surface area contributed by atoms with Gasteiger partial charge in [0.15, 0.2) is 11.5 Å². The van der Waals surface area contributed by atoms with Gasteiger partial charge in [-0.25, -0.2) is 0 Å². The number of ether oxygens (including phenoxy) is 3. The number of likely N-dealkylation sites (N-methyl/N-ethyl adjacent to an activating group) is 1. The molecule has 0 aromatic heterocycles. The fraction of sp³-hybridized carbons (Fsp3) is 0.333. The number of imide groups is 1. The van der Waals surface area contributed by atoms with Gasteiger partial charge in [0.05, 0.1) is 26.2 Å². The van der Waals surface area contributed by atoms with E-state index >= 15 is 0 Å². The van der Waals surface area contributed by atoms with Gasteiger partial charge in [0.1, 0.15) is 0 Å². The lowest BCUT2D eigenvalue weighted by molar-refractivity contribution is -0.122. The van der Waals surface area contributed by atoms with E-state index in [-0.39, 0.29) is 11.1 Å². The van der Waals surface area contributed by atoms with Crippen LogP contribution in [0.4, 0.5) is 4.79 Å². The number of carbonyl (C=O) groups is 2. The van der Waals surface area contributed by atoms with Gasteiger partial charge in [0.25, 0.3) is 11.1 Å². The molecule has 0 radical (unpaired) electrons. The Kier molecular flexibility index (Phi) is 4.97. The van der Waals surface area contributed by atoms with Gasteiger partial charge in [-0.3, -0.25) is 14.5 Å². The van der Waals surface area contributed by atoms with Crippen molar-refractivity contribution in [3.05, 3.63) is 22.6 Å². The van der Waals surface area contributed by atoms with Gasteiger partial charge in [-0.15, -0.1) is 0 Å². The lowest BCUT2D eigenvalue weighted by Crippen LogP contribution is -2.27. The van der Waals surface area contributed by atoms with E-state index in [1.54, 1.807) is 25.1 Å². The van der Waals surface area contributed by atoms with Crippen LogP contribution < -0.4 is 14.2 Å². The quantitative estimate of drug-likeness (QED) is 0.776. The van der Waals surface area contributed by atoms with Crippen LogP contribution in [0.25, 0.3) is 6.08 Å². The molecular weight excluding hydrogens is 306 g/mol. The normalized spacial score (nSPS) is 16.4. The summed E-state index contributed by atoms with van der Waals surface area (Å²) in [5.41, 5.74) is 0.641. The van der Waals surface area contributed by atoms with Crippen molar-refractivity contribution in [3.63, 3.8) is 0 Å². The number of thioether (sulfide) groups is 1. The number of carbonyl (C=O) groups excluding carboxylic acids is 2. The monoisotopic (exact) mass is 323 g/mol. The summed E-state index contributed by atoms with van der Waals surface area (Å²) in [6.45, 7) is 2.11. The van der Waals surface area contributed by atoms with Crippen molar-refractivity contribution in [2.45, 2.75) is 6.92 Å². The molecule has 0 bridgehead atoms. The van der Waals surface area contributed by atoms with Crippen LogP contribution in [0.15, 0.2) is 17.0 Å². The third-order valence-electron chi connectivity index (χ3n) is 3.21. The lowest BCUT2D eigenvalue weighted by Gasteiger charge is -2.14. The molecule has 1 heterocycles. The van der Waals surface area contributed by atoms with Gasteiger partial charge < -0.3 is 14.2 Å². The van der Waals surface area contributed by atoms with Crippen molar-refractivity contribution in [2.75, 3.05) is 27.9 Å². The summed E-state index contributed by atoms with van der Waals surface area (Å²) in [4.78, 5) is 25.5. The average molecular weight is 323 g/mol. The van der Waals surface area contributed by atoms with Gasteiger partial charge in [-0.05, 0) is 36.9 Å². The molecule has 1 aromatic rings. The average Bonchev–Trinajstić information content (AvgIpc) is 2.80. The molecule has 1 fully saturated rings. The van der Waals surface area contributed by atoms with E-state index in [1.807, 2.05) is 0 Å². The Morgan fingerprint density at radius 2 is 1.77 bits per heavy atom. The minimum Gasteiger partial charge on any atom is -0.493 e. The smallest absolute Gasteiger partial charge is 0.293 e. The first-order chi connectivity index (χ1) is 10.6. The molecule has 7 heteroatoms. The standard InChI is InChI=1S/C15H17NO5S/c1-5-16-14(17)11(22-15(16)18)8-9-6-7-10(19-2)13(21-4)12(9)20-3/h6-8H,5H2,1-4H3. The Hall–Kier alpha value is -2.15. The summed E-state index contributed by atoms with van der Waals surface area (Å²) >= 11 is 0.915. The third kappa shape index (κ3) is 2.76. The summed E-state index contributed by atoms with van der Waals surface area (Å²) in [6.07, 6.45) is 1.63. The second kappa shape index (κ2) is 6.74. The van der Waals surface area contributed by atoms with Gasteiger partial charge in [0, 0.05) is 12.1 Å². The Labute approximate surface area is 133 Å². The zero-order valence-corrected chi connectivity index (χ0v) is 13.7. The van der Waals surface area contributed by atoms with Gasteiger partial charge in [0.2, 0.25) is 5.75 Å². The molecule has 0 unspecified atom stereocenters. The Balaban J connectivity index is 2.48. The molecule has 0 aliphatic carbocycles. The maximum atomic E-state index is 12.1. The van der Waals surface area contributed by atoms with Crippen molar-refractivity contribution in [1.82, 2.24) is 4.90 Å². The molecule has 2 amide bonds. The van der Waals surface area contributed by atoms with Crippen molar-refractivity contribution in [1.29, 1.82) is 0 Å². The van der Waals surface area contributed by atoms with Crippen molar-refractivity contribution >= 4 is 29.0 Å². The highest BCUT2D eigenvalue weighted by atomic mass is 32.2. The predicted octanol–water partition coefficient (Wildman–Crippen LogP) is 2.77. The van der Waals surface area contributed by atoms with Crippen molar-refractivity contribution < 1.29 is 23.8 Å². The molecule has 6 nitrogen and oxygen atoms in total. The van der Waals surface area contributed by atoms with E-state index in [0.29, 0.717) is 34.3 Å². The van der Waals surface area contributed by atoms with Gasteiger partial charge in [-0.2, -0.15) is 0 Å². The summed E-state index contributed by atoms with van der Waals surface area (Å²) in [7, 11) is 4.55. The van der Waals surface area contributed by atoms with Crippen molar-refractivity contribution in [3.8, 4) is 17.2 Å². The van der Waals surface area contributed by atoms with Crippen LogP contribution in [0.5, 0.6) is 17.2 Å². The molecule has 0 atom stereocenters. The van der Waals surface area contributed by atoms with E-state index in [1.165, 1.54) is 26.2 Å². The zero-order valence-electron chi connectivity index (χ0n) is 12.8. The van der Waals surface area contributed by atoms with Crippen molar-refractivity contribution in [2.24, 2.45) is 0 Å². The van der Waals surface area contributed by atoms with Crippen LogP contribution in [0, 0.1) is 0 Å². The lowest BCUT2D eigenvalue weighted by atomic mass is 10.1. The van der Waals surface area contributed by atoms with E-state index in [4.69, 9.17) is 14.2 Å².